The highest BCUT2D eigenvalue weighted by atomic mass is 16.2. The Bertz CT molecular complexity index is 1140. The smallest absolute Gasteiger partial charge is 0.256 e. The Balaban J connectivity index is 1.32. The molecule has 1 saturated heterocycles. The molecule has 1 N–H and O–H groups in total. The van der Waals surface area contributed by atoms with Gasteiger partial charge >= 0.3 is 0 Å². The number of allylic oxidation sites excluding steroid dienone is 3. The fourth-order valence-electron chi connectivity index (χ4n) is 4.36. The summed E-state index contributed by atoms with van der Waals surface area (Å²) in [5.41, 5.74) is 3.88. The maximum absolute atomic E-state index is 12.7. The van der Waals surface area contributed by atoms with Crippen molar-refractivity contribution in [2.45, 2.75) is 6.42 Å². The number of hydrogen-bond acceptors (Lipinski definition) is 3. The first-order valence-corrected chi connectivity index (χ1v) is 11.0. The third-order valence-electron chi connectivity index (χ3n) is 6.07. The van der Waals surface area contributed by atoms with Gasteiger partial charge in [0.1, 0.15) is 5.82 Å². The highest BCUT2D eigenvalue weighted by molar-refractivity contribution is 6.05. The van der Waals surface area contributed by atoms with Gasteiger partial charge in [0.2, 0.25) is 5.91 Å². The monoisotopic (exact) mass is 437 g/mol. The summed E-state index contributed by atoms with van der Waals surface area (Å²) in [4.78, 5) is 31.0. The van der Waals surface area contributed by atoms with Crippen molar-refractivity contribution in [3.05, 3.63) is 109 Å². The predicted octanol–water partition coefficient (Wildman–Crippen LogP) is 4.89. The van der Waals surface area contributed by atoms with Crippen molar-refractivity contribution >= 4 is 29.3 Å². The van der Waals surface area contributed by atoms with Crippen molar-refractivity contribution in [2.24, 2.45) is 11.8 Å². The lowest BCUT2D eigenvalue weighted by Crippen LogP contribution is -2.27. The molecule has 33 heavy (non-hydrogen) atoms. The van der Waals surface area contributed by atoms with E-state index in [0.717, 1.165) is 25.1 Å². The number of anilines is 1. The molecule has 1 aliphatic heterocycles. The largest absolute Gasteiger partial charge is 0.338 e. The molecule has 2 unspecified atom stereocenters. The fourth-order valence-corrected chi connectivity index (χ4v) is 4.36. The fraction of sp³-hybridized carbons (Fsp3) is 0.179. The summed E-state index contributed by atoms with van der Waals surface area (Å²) >= 11 is 0. The zero-order valence-electron chi connectivity index (χ0n) is 18.5. The number of benzene rings is 1. The molecule has 1 fully saturated rings. The average Bonchev–Trinajstić information content (AvgIpc) is 3.42. The molecular weight excluding hydrogens is 410 g/mol. The minimum absolute atomic E-state index is 0.0154. The first kappa shape index (κ1) is 22.2. The van der Waals surface area contributed by atoms with Crippen molar-refractivity contribution < 1.29 is 9.59 Å². The Morgan fingerprint density at radius 1 is 1.09 bits per heavy atom. The number of carbonyl (C=O) groups is 2. The van der Waals surface area contributed by atoms with Crippen LogP contribution in [0.5, 0.6) is 0 Å². The molecule has 5 nitrogen and oxygen atoms in total. The quantitative estimate of drug-likeness (QED) is 0.495. The van der Waals surface area contributed by atoms with E-state index in [1.54, 1.807) is 30.5 Å². The lowest BCUT2D eigenvalue weighted by atomic mass is 9.98. The van der Waals surface area contributed by atoms with Crippen LogP contribution in [-0.4, -0.2) is 34.8 Å². The first-order valence-electron chi connectivity index (χ1n) is 11.0. The SMILES string of the molecule is C=C/C=C(\C=C)C(=O)Nc1ccc(/C=C/C(=O)N2CC3C=C(c4ccccc4)CC3C2)cn1. The van der Waals surface area contributed by atoms with Crippen LogP contribution >= 0.6 is 0 Å². The van der Waals surface area contributed by atoms with E-state index in [1.807, 2.05) is 17.0 Å². The molecular formula is C28H27N3O2. The molecule has 5 heteroatoms. The molecule has 166 valence electrons. The second-order valence-corrected chi connectivity index (χ2v) is 8.26. The van der Waals surface area contributed by atoms with Gasteiger partial charge in [-0.15, -0.1) is 0 Å². The lowest BCUT2D eigenvalue weighted by Gasteiger charge is -2.15. The van der Waals surface area contributed by atoms with Crippen molar-refractivity contribution in [3.8, 4) is 0 Å². The van der Waals surface area contributed by atoms with E-state index in [1.165, 1.54) is 23.3 Å². The molecule has 4 rings (SSSR count). The van der Waals surface area contributed by atoms with Gasteiger partial charge in [-0.2, -0.15) is 0 Å². The number of nitrogens with one attached hydrogen (secondary N) is 1. The van der Waals surface area contributed by atoms with Crippen molar-refractivity contribution in [3.63, 3.8) is 0 Å². The maximum atomic E-state index is 12.7. The van der Waals surface area contributed by atoms with Crippen LogP contribution in [0.3, 0.4) is 0 Å². The van der Waals surface area contributed by atoms with E-state index in [2.05, 4.69) is 53.8 Å². The maximum Gasteiger partial charge on any atom is 0.256 e. The Morgan fingerprint density at radius 3 is 2.58 bits per heavy atom. The van der Waals surface area contributed by atoms with Gasteiger partial charge in [0.15, 0.2) is 0 Å². The lowest BCUT2D eigenvalue weighted by molar-refractivity contribution is -0.125. The van der Waals surface area contributed by atoms with E-state index in [4.69, 9.17) is 0 Å². The minimum Gasteiger partial charge on any atom is -0.338 e. The number of carbonyl (C=O) groups excluding carboxylic acids is 2. The van der Waals surface area contributed by atoms with E-state index < -0.39 is 0 Å². The second kappa shape index (κ2) is 10.1. The molecule has 0 saturated carbocycles. The summed E-state index contributed by atoms with van der Waals surface area (Å²) in [5.74, 6) is 1.06. The van der Waals surface area contributed by atoms with Crippen LogP contribution in [0.4, 0.5) is 5.82 Å². The van der Waals surface area contributed by atoms with Crippen LogP contribution in [0.15, 0.2) is 97.8 Å². The van der Waals surface area contributed by atoms with Crippen LogP contribution in [0.1, 0.15) is 17.5 Å². The van der Waals surface area contributed by atoms with Crippen LogP contribution in [-0.2, 0) is 9.59 Å². The number of pyridine rings is 1. The molecule has 2 heterocycles. The Kier molecular flexibility index (Phi) is 6.79. The van der Waals surface area contributed by atoms with Gasteiger partial charge in [0.25, 0.3) is 5.91 Å². The second-order valence-electron chi connectivity index (χ2n) is 8.26. The third-order valence-corrected chi connectivity index (χ3v) is 6.07. The van der Waals surface area contributed by atoms with E-state index in [9.17, 15) is 9.59 Å². The topological polar surface area (TPSA) is 62.3 Å². The summed E-state index contributed by atoms with van der Waals surface area (Å²) < 4.78 is 0. The molecule has 1 aromatic heterocycles. The third kappa shape index (κ3) is 5.26. The zero-order valence-corrected chi connectivity index (χ0v) is 18.5. The number of nitrogens with zero attached hydrogens (tertiary/aromatic N) is 2. The molecule has 0 spiro atoms. The van der Waals surface area contributed by atoms with Crippen molar-refractivity contribution in [1.29, 1.82) is 0 Å². The Labute approximate surface area is 194 Å². The molecule has 2 amide bonds. The number of hydrogen-bond donors (Lipinski definition) is 1. The standard InChI is InChI=1S/C28H27N3O2/c1-3-8-21(4-2)28(33)30-26-13-11-20(17-29-26)12-14-27(32)31-18-24-15-23(16-25(24)19-31)22-9-6-5-7-10-22/h3-15,17,24-25H,1-2,16,18-19H2,(H,29,30,33)/b14-12+,21-8+. The number of fused-ring (bicyclic) bond motifs is 1. The summed E-state index contributed by atoms with van der Waals surface area (Å²) in [5, 5.41) is 2.71. The molecule has 1 aromatic carbocycles. The number of rotatable bonds is 7. The van der Waals surface area contributed by atoms with Gasteiger partial charge in [0, 0.05) is 30.9 Å². The van der Waals surface area contributed by atoms with Crippen LogP contribution < -0.4 is 5.32 Å². The van der Waals surface area contributed by atoms with Crippen LogP contribution in [0, 0.1) is 11.8 Å². The van der Waals surface area contributed by atoms with Crippen molar-refractivity contribution in [2.75, 3.05) is 18.4 Å². The number of aromatic nitrogens is 1. The van der Waals surface area contributed by atoms with Gasteiger partial charge in [0.05, 0.1) is 0 Å². The molecule has 1 aliphatic carbocycles. The van der Waals surface area contributed by atoms with E-state index in [0.29, 0.717) is 23.2 Å². The molecule has 2 aliphatic rings. The highest BCUT2D eigenvalue weighted by Crippen LogP contribution is 2.40. The molecule has 2 aromatic rings. The van der Waals surface area contributed by atoms with Gasteiger partial charge in [-0.1, -0.05) is 67.8 Å². The van der Waals surface area contributed by atoms with Crippen LogP contribution in [0.25, 0.3) is 11.6 Å². The zero-order chi connectivity index (χ0) is 23.2. The summed E-state index contributed by atoms with van der Waals surface area (Å²) in [6.45, 7) is 8.75. The molecule has 0 bridgehead atoms. The van der Waals surface area contributed by atoms with Gasteiger partial charge in [-0.3, -0.25) is 9.59 Å². The molecule has 0 radical (unpaired) electrons. The van der Waals surface area contributed by atoms with Crippen LogP contribution in [0.2, 0.25) is 0 Å². The Hall–Kier alpha value is -3.99. The summed E-state index contributed by atoms with van der Waals surface area (Å²) in [7, 11) is 0. The van der Waals surface area contributed by atoms with Gasteiger partial charge < -0.3 is 10.2 Å². The summed E-state index contributed by atoms with van der Waals surface area (Å²) in [6, 6.07) is 14.0. The number of likely N-dealkylation sites (tertiary alicyclic amines) is 1. The van der Waals surface area contributed by atoms with Gasteiger partial charge in [-0.25, -0.2) is 4.98 Å². The van der Waals surface area contributed by atoms with E-state index >= 15 is 0 Å². The highest BCUT2D eigenvalue weighted by Gasteiger charge is 2.37. The Morgan fingerprint density at radius 2 is 1.91 bits per heavy atom. The number of amides is 2. The van der Waals surface area contributed by atoms with Gasteiger partial charge in [-0.05, 0) is 53.2 Å². The predicted molar refractivity (Wildman–Crippen MR) is 133 cm³/mol. The normalized spacial score (nSPS) is 19.8. The molecule has 2 atom stereocenters. The van der Waals surface area contributed by atoms with E-state index in [-0.39, 0.29) is 11.8 Å². The first-order chi connectivity index (χ1) is 16.1. The van der Waals surface area contributed by atoms with Crippen molar-refractivity contribution in [1.82, 2.24) is 9.88 Å². The minimum atomic E-state index is -0.306. The average molecular weight is 438 g/mol. The summed E-state index contributed by atoms with van der Waals surface area (Å²) in [6.07, 6.45) is 12.9.